The second kappa shape index (κ2) is 10.4. The summed E-state index contributed by atoms with van der Waals surface area (Å²) in [5, 5.41) is 4.58. The number of ether oxygens (including phenoxy) is 2. The fourth-order valence-corrected chi connectivity index (χ4v) is 3.97. The highest BCUT2D eigenvalue weighted by molar-refractivity contribution is 5.76. The maximum Gasteiger partial charge on any atom is 0.345 e. The molecule has 2 aromatic rings. The van der Waals surface area contributed by atoms with Crippen LogP contribution in [0.2, 0.25) is 0 Å². The van der Waals surface area contributed by atoms with Crippen LogP contribution in [0.25, 0.3) is 0 Å². The SMILES string of the molecule is CCn1c(C2CCN(C(=O)CCc3ccc(OC)cc3)CC2)nn(CCOC)c1=O. The molecule has 2 heterocycles. The molecule has 0 radical (unpaired) electrons. The van der Waals surface area contributed by atoms with Crippen LogP contribution < -0.4 is 10.4 Å². The Morgan fingerprint density at radius 3 is 2.47 bits per heavy atom. The third-order valence-electron chi connectivity index (χ3n) is 5.77. The number of aromatic nitrogens is 3. The van der Waals surface area contributed by atoms with Crippen molar-refractivity contribution in [2.45, 2.75) is 51.6 Å². The Hall–Kier alpha value is -2.61. The fraction of sp³-hybridized carbons (Fsp3) is 0.591. The Balaban J connectivity index is 1.55. The van der Waals surface area contributed by atoms with E-state index in [9.17, 15) is 9.59 Å². The summed E-state index contributed by atoms with van der Waals surface area (Å²) in [6.07, 6.45) is 2.88. The summed E-state index contributed by atoms with van der Waals surface area (Å²) in [5.74, 6) is 2.04. The topological polar surface area (TPSA) is 78.6 Å². The maximum absolute atomic E-state index is 12.6. The van der Waals surface area contributed by atoms with Gasteiger partial charge in [0.05, 0.1) is 20.3 Å². The second-order valence-electron chi connectivity index (χ2n) is 7.60. The molecule has 0 atom stereocenters. The molecular weight excluding hydrogens is 384 g/mol. The van der Waals surface area contributed by atoms with E-state index in [4.69, 9.17) is 9.47 Å². The zero-order valence-electron chi connectivity index (χ0n) is 18.2. The van der Waals surface area contributed by atoms with E-state index in [1.165, 1.54) is 4.68 Å². The van der Waals surface area contributed by atoms with Crippen molar-refractivity contribution in [2.75, 3.05) is 33.9 Å². The van der Waals surface area contributed by atoms with E-state index < -0.39 is 0 Å². The van der Waals surface area contributed by atoms with E-state index in [1.54, 1.807) is 18.8 Å². The number of benzene rings is 1. The molecule has 0 unspecified atom stereocenters. The number of carbonyl (C=O) groups is 1. The number of likely N-dealkylation sites (tertiary alicyclic amines) is 1. The van der Waals surface area contributed by atoms with Crippen molar-refractivity contribution in [1.29, 1.82) is 0 Å². The minimum atomic E-state index is -0.0810. The molecule has 0 aliphatic carbocycles. The highest BCUT2D eigenvalue weighted by atomic mass is 16.5. The van der Waals surface area contributed by atoms with Gasteiger partial charge in [0, 0.05) is 39.1 Å². The minimum absolute atomic E-state index is 0.0810. The van der Waals surface area contributed by atoms with Gasteiger partial charge in [-0.2, -0.15) is 5.10 Å². The molecule has 164 valence electrons. The highest BCUT2D eigenvalue weighted by Gasteiger charge is 2.28. The van der Waals surface area contributed by atoms with E-state index in [1.807, 2.05) is 36.1 Å². The van der Waals surface area contributed by atoms with E-state index in [-0.39, 0.29) is 17.5 Å². The first-order valence-corrected chi connectivity index (χ1v) is 10.6. The van der Waals surface area contributed by atoms with Gasteiger partial charge in [-0.1, -0.05) is 12.1 Å². The van der Waals surface area contributed by atoms with Crippen LogP contribution in [0.15, 0.2) is 29.1 Å². The Kier molecular flexibility index (Phi) is 7.68. The van der Waals surface area contributed by atoms with Gasteiger partial charge in [-0.3, -0.25) is 9.36 Å². The van der Waals surface area contributed by atoms with Gasteiger partial charge < -0.3 is 14.4 Å². The summed E-state index contributed by atoms with van der Waals surface area (Å²) in [6.45, 7) is 4.89. The molecule has 3 rings (SSSR count). The van der Waals surface area contributed by atoms with Crippen molar-refractivity contribution in [2.24, 2.45) is 0 Å². The Morgan fingerprint density at radius 2 is 1.87 bits per heavy atom. The number of amides is 1. The van der Waals surface area contributed by atoms with Crippen molar-refractivity contribution in [3.8, 4) is 5.75 Å². The molecule has 1 amide bonds. The average Bonchev–Trinajstić information content (AvgIpc) is 3.11. The van der Waals surface area contributed by atoms with Crippen LogP contribution in [0.1, 0.15) is 43.5 Å². The van der Waals surface area contributed by atoms with Crippen molar-refractivity contribution < 1.29 is 14.3 Å². The van der Waals surface area contributed by atoms with E-state index in [2.05, 4.69) is 5.10 Å². The zero-order valence-corrected chi connectivity index (χ0v) is 18.2. The Morgan fingerprint density at radius 1 is 1.17 bits per heavy atom. The molecule has 1 aromatic carbocycles. The van der Waals surface area contributed by atoms with Gasteiger partial charge in [0.2, 0.25) is 5.91 Å². The molecule has 1 aromatic heterocycles. The molecule has 1 aliphatic rings. The monoisotopic (exact) mass is 416 g/mol. The summed E-state index contributed by atoms with van der Waals surface area (Å²) in [4.78, 5) is 27.1. The van der Waals surface area contributed by atoms with Gasteiger partial charge in [0.1, 0.15) is 11.6 Å². The van der Waals surface area contributed by atoms with Crippen molar-refractivity contribution in [3.63, 3.8) is 0 Å². The van der Waals surface area contributed by atoms with Crippen LogP contribution in [-0.4, -0.2) is 59.1 Å². The van der Waals surface area contributed by atoms with Crippen LogP contribution in [-0.2, 0) is 29.0 Å². The molecule has 8 heteroatoms. The first-order valence-electron chi connectivity index (χ1n) is 10.6. The lowest BCUT2D eigenvalue weighted by Crippen LogP contribution is -2.38. The number of hydrogen-bond acceptors (Lipinski definition) is 5. The van der Waals surface area contributed by atoms with Gasteiger partial charge in [0.15, 0.2) is 0 Å². The third-order valence-corrected chi connectivity index (χ3v) is 5.77. The Bertz CT molecular complexity index is 880. The minimum Gasteiger partial charge on any atom is -0.497 e. The molecule has 0 N–H and O–H groups in total. The molecule has 0 bridgehead atoms. The van der Waals surface area contributed by atoms with Crippen molar-refractivity contribution in [1.82, 2.24) is 19.2 Å². The van der Waals surface area contributed by atoms with Crippen LogP contribution >= 0.6 is 0 Å². The first-order chi connectivity index (χ1) is 14.6. The van der Waals surface area contributed by atoms with Crippen LogP contribution in [0, 0.1) is 0 Å². The summed E-state index contributed by atoms with van der Waals surface area (Å²) >= 11 is 0. The van der Waals surface area contributed by atoms with Crippen LogP contribution in [0.5, 0.6) is 5.75 Å². The fourth-order valence-electron chi connectivity index (χ4n) is 3.97. The maximum atomic E-state index is 12.6. The number of nitrogens with zero attached hydrogens (tertiary/aromatic N) is 4. The van der Waals surface area contributed by atoms with E-state index >= 15 is 0 Å². The molecule has 30 heavy (non-hydrogen) atoms. The summed E-state index contributed by atoms with van der Waals surface area (Å²) in [6, 6.07) is 7.85. The predicted octanol–water partition coefficient (Wildman–Crippen LogP) is 2.06. The van der Waals surface area contributed by atoms with Crippen molar-refractivity contribution in [3.05, 3.63) is 46.1 Å². The third kappa shape index (κ3) is 5.11. The molecule has 1 aliphatic heterocycles. The largest absolute Gasteiger partial charge is 0.497 e. The van der Waals surface area contributed by atoms with Crippen LogP contribution in [0.4, 0.5) is 0 Å². The number of hydrogen-bond donors (Lipinski definition) is 0. The lowest BCUT2D eigenvalue weighted by molar-refractivity contribution is -0.132. The molecular formula is C22H32N4O4. The summed E-state index contributed by atoms with van der Waals surface area (Å²) in [7, 11) is 3.26. The lowest BCUT2D eigenvalue weighted by Gasteiger charge is -2.31. The summed E-state index contributed by atoms with van der Waals surface area (Å²) < 4.78 is 13.5. The number of methoxy groups -OCH3 is 2. The Labute approximate surface area is 177 Å². The molecule has 0 spiro atoms. The van der Waals surface area contributed by atoms with E-state index in [0.29, 0.717) is 39.2 Å². The standard InChI is InChI=1S/C22H32N4O4/c1-4-25-21(23-26(22(25)28)15-16-29-2)18-11-13-24(14-12-18)20(27)10-7-17-5-8-19(30-3)9-6-17/h5-6,8-9,18H,4,7,10-16H2,1-3H3. The molecule has 1 fully saturated rings. The smallest absolute Gasteiger partial charge is 0.345 e. The quantitative estimate of drug-likeness (QED) is 0.625. The van der Waals surface area contributed by atoms with Gasteiger partial charge in [-0.05, 0) is 43.9 Å². The normalized spacial score (nSPS) is 14.8. The zero-order chi connectivity index (χ0) is 21.5. The van der Waals surface area contributed by atoms with Gasteiger partial charge >= 0.3 is 5.69 Å². The number of carbonyl (C=O) groups excluding carboxylic acids is 1. The molecule has 8 nitrogen and oxygen atoms in total. The second-order valence-corrected chi connectivity index (χ2v) is 7.60. The van der Waals surface area contributed by atoms with Crippen LogP contribution in [0.3, 0.4) is 0 Å². The number of piperidine rings is 1. The molecule has 0 saturated carbocycles. The highest BCUT2D eigenvalue weighted by Crippen LogP contribution is 2.26. The number of aryl methyl sites for hydroxylation is 1. The van der Waals surface area contributed by atoms with Gasteiger partial charge in [-0.15, -0.1) is 0 Å². The van der Waals surface area contributed by atoms with Gasteiger partial charge in [-0.25, -0.2) is 9.48 Å². The lowest BCUT2D eigenvalue weighted by atomic mass is 9.95. The first kappa shape index (κ1) is 22.1. The van der Waals surface area contributed by atoms with E-state index in [0.717, 1.165) is 36.4 Å². The van der Waals surface area contributed by atoms with Gasteiger partial charge in [0.25, 0.3) is 0 Å². The average molecular weight is 417 g/mol. The van der Waals surface area contributed by atoms with Crippen molar-refractivity contribution >= 4 is 5.91 Å². The number of rotatable bonds is 9. The summed E-state index contributed by atoms with van der Waals surface area (Å²) in [5.41, 5.74) is 1.05. The molecule has 1 saturated heterocycles. The predicted molar refractivity (Wildman–Crippen MR) is 114 cm³/mol.